The SMILES string of the molecule is COC(=O)c1scc(Br)c1-c1ccc(C)cc1. The minimum atomic E-state index is -0.295. The maximum absolute atomic E-state index is 11.7. The van der Waals surface area contributed by atoms with E-state index < -0.39 is 0 Å². The molecule has 0 aliphatic carbocycles. The Bertz CT molecular complexity index is 543. The van der Waals surface area contributed by atoms with Gasteiger partial charge < -0.3 is 4.74 Å². The second kappa shape index (κ2) is 5.02. The van der Waals surface area contributed by atoms with E-state index in [4.69, 9.17) is 4.74 Å². The third-order valence-corrected chi connectivity index (χ3v) is 4.35. The van der Waals surface area contributed by atoms with Gasteiger partial charge in [-0.25, -0.2) is 4.79 Å². The standard InChI is InChI=1S/C13H11BrO2S/c1-8-3-5-9(6-4-8)11-10(14)7-17-12(11)13(15)16-2/h3-7H,1-2H3. The second-order valence-corrected chi connectivity index (χ2v) is 5.38. The predicted molar refractivity (Wildman–Crippen MR) is 73.5 cm³/mol. The molecular formula is C13H11BrO2S. The largest absolute Gasteiger partial charge is 0.465 e. The topological polar surface area (TPSA) is 26.3 Å². The Balaban J connectivity index is 2.54. The predicted octanol–water partition coefficient (Wildman–Crippen LogP) is 4.27. The Labute approximate surface area is 112 Å². The molecule has 0 fully saturated rings. The van der Waals surface area contributed by atoms with Crippen LogP contribution in [-0.2, 0) is 4.74 Å². The number of thiophene rings is 1. The van der Waals surface area contributed by atoms with Crippen LogP contribution in [0.25, 0.3) is 11.1 Å². The smallest absolute Gasteiger partial charge is 0.348 e. The average molecular weight is 311 g/mol. The molecule has 1 heterocycles. The third-order valence-electron chi connectivity index (χ3n) is 2.46. The number of hydrogen-bond acceptors (Lipinski definition) is 3. The van der Waals surface area contributed by atoms with E-state index in [1.165, 1.54) is 24.0 Å². The van der Waals surface area contributed by atoms with Gasteiger partial charge in [0.25, 0.3) is 0 Å². The normalized spacial score (nSPS) is 10.3. The zero-order valence-corrected chi connectivity index (χ0v) is 11.9. The molecule has 0 unspecified atom stereocenters. The lowest BCUT2D eigenvalue weighted by atomic mass is 10.1. The van der Waals surface area contributed by atoms with Crippen LogP contribution in [0.2, 0.25) is 0 Å². The van der Waals surface area contributed by atoms with Crippen molar-refractivity contribution in [1.82, 2.24) is 0 Å². The van der Waals surface area contributed by atoms with Crippen molar-refractivity contribution in [1.29, 1.82) is 0 Å². The van der Waals surface area contributed by atoms with Gasteiger partial charge >= 0.3 is 5.97 Å². The molecule has 2 aromatic rings. The van der Waals surface area contributed by atoms with Crippen LogP contribution >= 0.6 is 27.3 Å². The first kappa shape index (κ1) is 12.3. The lowest BCUT2D eigenvalue weighted by Gasteiger charge is -2.04. The molecule has 0 spiro atoms. The molecule has 2 nitrogen and oxygen atoms in total. The van der Waals surface area contributed by atoms with E-state index in [1.54, 1.807) is 0 Å². The van der Waals surface area contributed by atoms with Crippen LogP contribution in [-0.4, -0.2) is 13.1 Å². The number of ether oxygens (including phenoxy) is 1. The summed E-state index contributed by atoms with van der Waals surface area (Å²) < 4.78 is 5.71. The minimum absolute atomic E-state index is 0.295. The molecule has 0 bridgehead atoms. The highest BCUT2D eigenvalue weighted by molar-refractivity contribution is 9.10. The average Bonchev–Trinajstić information content (AvgIpc) is 2.71. The fourth-order valence-electron chi connectivity index (χ4n) is 1.57. The monoisotopic (exact) mass is 310 g/mol. The Morgan fingerprint density at radius 2 is 1.94 bits per heavy atom. The molecule has 1 aromatic heterocycles. The molecule has 0 radical (unpaired) electrons. The highest BCUT2D eigenvalue weighted by atomic mass is 79.9. The van der Waals surface area contributed by atoms with Gasteiger partial charge in [-0.3, -0.25) is 0 Å². The van der Waals surface area contributed by atoms with Crippen LogP contribution in [0.5, 0.6) is 0 Å². The maximum atomic E-state index is 11.7. The van der Waals surface area contributed by atoms with Gasteiger partial charge in [-0.15, -0.1) is 11.3 Å². The molecule has 0 N–H and O–H groups in total. The summed E-state index contributed by atoms with van der Waals surface area (Å²) in [7, 11) is 1.40. The zero-order chi connectivity index (χ0) is 12.4. The van der Waals surface area contributed by atoms with Crippen LogP contribution < -0.4 is 0 Å². The molecule has 1 aromatic carbocycles. The molecule has 4 heteroatoms. The van der Waals surface area contributed by atoms with E-state index in [-0.39, 0.29) is 5.97 Å². The Morgan fingerprint density at radius 1 is 1.29 bits per heavy atom. The summed E-state index contributed by atoms with van der Waals surface area (Å²) in [4.78, 5) is 12.3. The number of aryl methyl sites for hydroxylation is 1. The van der Waals surface area contributed by atoms with Crippen LogP contribution in [0.15, 0.2) is 34.1 Å². The number of hydrogen-bond donors (Lipinski definition) is 0. The van der Waals surface area contributed by atoms with Gasteiger partial charge in [-0.2, -0.15) is 0 Å². The van der Waals surface area contributed by atoms with Crippen molar-refractivity contribution >= 4 is 33.2 Å². The maximum Gasteiger partial charge on any atom is 0.348 e. The summed E-state index contributed by atoms with van der Waals surface area (Å²) in [5.74, 6) is -0.295. The van der Waals surface area contributed by atoms with Crippen LogP contribution in [0.4, 0.5) is 0 Å². The second-order valence-electron chi connectivity index (χ2n) is 3.65. The van der Waals surface area contributed by atoms with Gasteiger partial charge in [0.05, 0.1) is 7.11 Å². The molecule has 0 aliphatic rings. The van der Waals surface area contributed by atoms with E-state index >= 15 is 0 Å². The summed E-state index contributed by atoms with van der Waals surface area (Å²) in [5, 5.41) is 1.90. The van der Waals surface area contributed by atoms with E-state index in [2.05, 4.69) is 15.9 Å². The quantitative estimate of drug-likeness (QED) is 0.774. The first-order valence-electron chi connectivity index (χ1n) is 5.06. The molecule has 88 valence electrons. The highest BCUT2D eigenvalue weighted by Crippen LogP contribution is 2.36. The molecule has 0 aliphatic heterocycles. The Hall–Kier alpha value is -1.13. The Kier molecular flexibility index (Phi) is 3.64. The molecule has 0 atom stereocenters. The third kappa shape index (κ3) is 2.42. The van der Waals surface area contributed by atoms with Crippen LogP contribution in [0, 0.1) is 6.92 Å². The van der Waals surface area contributed by atoms with E-state index in [0.717, 1.165) is 15.6 Å². The van der Waals surface area contributed by atoms with Crippen molar-refractivity contribution in [3.05, 3.63) is 44.6 Å². The summed E-state index contributed by atoms with van der Waals surface area (Å²) in [6.07, 6.45) is 0. The molecule has 2 rings (SSSR count). The lowest BCUT2D eigenvalue weighted by molar-refractivity contribution is 0.0607. The van der Waals surface area contributed by atoms with Crippen molar-refractivity contribution in [2.45, 2.75) is 6.92 Å². The summed E-state index contributed by atoms with van der Waals surface area (Å²) >= 11 is 4.86. The van der Waals surface area contributed by atoms with Crippen LogP contribution in [0.1, 0.15) is 15.2 Å². The van der Waals surface area contributed by atoms with Gasteiger partial charge in [-0.05, 0) is 28.4 Å². The molecule has 0 saturated carbocycles. The van der Waals surface area contributed by atoms with Crippen molar-refractivity contribution in [3.8, 4) is 11.1 Å². The number of carbonyl (C=O) groups is 1. The summed E-state index contributed by atoms with van der Waals surface area (Å²) in [6, 6.07) is 8.07. The van der Waals surface area contributed by atoms with Gasteiger partial charge in [-0.1, -0.05) is 29.8 Å². The van der Waals surface area contributed by atoms with Crippen molar-refractivity contribution in [2.75, 3.05) is 7.11 Å². The summed E-state index contributed by atoms with van der Waals surface area (Å²) in [6.45, 7) is 2.04. The summed E-state index contributed by atoms with van der Waals surface area (Å²) in [5.41, 5.74) is 3.12. The van der Waals surface area contributed by atoms with E-state index in [9.17, 15) is 4.79 Å². The van der Waals surface area contributed by atoms with Gasteiger partial charge in [0.15, 0.2) is 0 Å². The fourth-order valence-corrected chi connectivity index (χ4v) is 3.27. The fraction of sp³-hybridized carbons (Fsp3) is 0.154. The molecule has 17 heavy (non-hydrogen) atoms. The van der Waals surface area contributed by atoms with Crippen molar-refractivity contribution < 1.29 is 9.53 Å². The van der Waals surface area contributed by atoms with Gasteiger partial charge in [0.1, 0.15) is 4.88 Å². The highest BCUT2D eigenvalue weighted by Gasteiger charge is 2.18. The zero-order valence-electron chi connectivity index (χ0n) is 9.49. The first-order valence-corrected chi connectivity index (χ1v) is 6.73. The lowest BCUT2D eigenvalue weighted by Crippen LogP contribution is -1.99. The number of rotatable bonds is 2. The molecular weight excluding hydrogens is 300 g/mol. The number of benzene rings is 1. The van der Waals surface area contributed by atoms with Crippen molar-refractivity contribution in [3.63, 3.8) is 0 Å². The van der Waals surface area contributed by atoms with Gasteiger partial charge in [0.2, 0.25) is 0 Å². The minimum Gasteiger partial charge on any atom is -0.465 e. The number of halogens is 1. The number of methoxy groups -OCH3 is 1. The van der Waals surface area contributed by atoms with E-state index in [0.29, 0.717) is 4.88 Å². The first-order chi connectivity index (χ1) is 8.13. The number of carbonyl (C=O) groups excluding carboxylic acids is 1. The number of esters is 1. The van der Waals surface area contributed by atoms with Crippen LogP contribution in [0.3, 0.4) is 0 Å². The van der Waals surface area contributed by atoms with Crippen molar-refractivity contribution in [2.24, 2.45) is 0 Å². The molecule has 0 saturated heterocycles. The molecule has 0 amide bonds. The van der Waals surface area contributed by atoms with E-state index in [1.807, 2.05) is 36.6 Å². The van der Waals surface area contributed by atoms with Gasteiger partial charge in [0, 0.05) is 15.4 Å². The Morgan fingerprint density at radius 3 is 2.53 bits per heavy atom.